The molecule has 0 heterocycles. The van der Waals surface area contributed by atoms with E-state index in [9.17, 15) is 8.78 Å². The first-order valence-electron chi connectivity index (χ1n) is 6.89. The van der Waals surface area contributed by atoms with Gasteiger partial charge in [-0.15, -0.1) is 0 Å². The highest BCUT2D eigenvalue weighted by Gasteiger charge is 2.13. The summed E-state index contributed by atoms with van der Waals surface area (Å²) < 4.78 is 27.3. The molecule has 2 aromatic rings. The zero-order valence-corrected chi connectivity index (χ0v) is 13.8. The summed E-state index contributed by atoms with van der Waals surface area (Å²) in [6.07, 6.45) is 0. The number of halogens is 3. The van der Waals surface area contributed by atoms with Crippen LogP contribution >= 0.6 is 15.9 Å². The van der Waals surface area contributed by atoms with Crippen molar-refractivity contribution in [2.24, 2.45) is 0 Å². The highest BCUT2D eigenvalue weighted by Crippen LogP contribution is 2.30. The third-order valence-electron chi connectivity index (χ3n) is 3.47. The van der Waals surface area contributed by atoms with E-state index in [0.717, 1.165) is 11.6 Å². The van der Waals surface area contributed by atoms with Crippen molar-refractivity contribution >= 4 is 21.6 Å². The Morgan fingerprint density at radius 2 is 1.52 bits per heavy atom. The van der Waals surface area contributed by atoms with Gasteiger partial charge in [-0.1, -0.05) is 38.1 Å². The van der Waals surface area contributed by atoms with Crippen LogP contribution in [0, 0.1) is 11.6 Å². The molecule has 2 rings (SSSR count). The van der Waals surface area contributed by atoms with E-state index in [1.165, 1.54) is 11.6 Å². The Morgan fingerprint density at radius 3 is 2.05 bits per heavy atom. The molecule has 1 nitrogen and oxygen atoms in total. The molecule has 0 aliphatic rings. The molecule has 0 aliphatic carbocycles. The van der Waals surface area contributed by atoms with Crippen molar-refractivity contribution in [2.45, 2.75) is 32.7 Å². The topological polar surface area (TPSA) is 12.0 Å². The van der Waals surface area contributed by atoms with Crippen LogP contribution in [0.25, 0.3) is 0 Å². The average Bonchev–Trinajstić information content (AvgIpc) is 2.42. The normalized spacial score (nSPS) is 12.5. The molecular formula is C17H18BrF2N. The standard InChI is InChI=1S/C17H18BrF2N/c1-10(2)12-4-6-13(7-5-12)11(3)21-17-15(18)8-14(19)9-16(17)20/h4-11,21H,1-3H3. The van der Waals surface area contributed by atoms with E-state index < -0.39 is 11.6 Å². The first-order valence-corrected chi connectivity index (χ1v) is 7.68. The molecule has 2 aromatic carbocycles. The Bertz CT molecular complexity index is 600. The maximum atomic E-state index is 13.8. The van der Waals surface area contributed by atoms with E-state index in [0.29, 0.717) is 10.4 Å². The van der Waals surface area contributed by atoms with Crippen LogP contribution in [-0.4, -0.2) is 0 Å². The quantitative estimate of drug-likeness (QED) is 0.708. The number of hydrogen-bond acceptors (Lipinski definition) is 1. The van der Waals surface area contributed by atoms with Gasteiger partial charge in [-0.25, -0.2) is 8.78 Å². The summed E-state index contributed by atoms with van der Waals surface area (Å²) >= 11 is 3.19. The first-order chi connectivity index (χ1) is 9.88. The molecule has 0 bridgehead atoms. The van der Waals surface area contributed by atoms with Crippen molar-refractivity contribution in [3.8, 4) is 0 Å². The van der Waals surface area contributed by atoms with Crippen LogP contribution in [0.2, 0.25) is 0 Å². The first kappa shape index (κ1) is 16.0. The Labute approximate surface area is 132 Å². The molecule has 0 amide bonds. The summed E-state index contributed by atoms with van der Waals surface area (Å²) in [6.45, 7) is 6.23. The molecule has 0 fully saturated rings. The molecule has 0 saturated heterocycles. The molecular weight excluding hydrogens is 336 g/mol. The molecule has 1 atom stereocenters. The fourth-order valence-corrected chi connectivity index (χ4v) is 2.67. The predicted molar refractivity (Wildman–Crippen MR) is 86.6 cm³/mol. The summed E-state index contributed by atoms with van der Waals surface area (Å²) in [5.41, 5.74) is 2.59. The molecule has 0 saturated carbocycles. The van der Waals surface area contributed by atoms with Gasteiger partial charge in [-0.3, -0.25) is 0 Å². The van der Waals surface area contributed by atoms with Gasteiger partial charge in [0.1, 0.15) is 11.6 Å². The minimum absolute atomic E-state index is 0.0810. The lowest BCUT2D eigenvalue weighted by atomic mass is 9.99. The summed E-state index contributed by atoms with van der Waals surface area (Å²) in [4.78, 5) is 0. The number of benzene rings is 2. The van der Waals surface area contributed by atoms with E-state index in [1.807, 2.05) is 19.1 Å². The van der Waals surface area contributed by atoms with Crippen LogP contribution in [0.3, 0.4) is 0 Å². The molecule has 1 unspecified atom stereocenters. The van der Waals surface area contributed by atoms with E-state index in [4.69, 9.17) is 0 Å². The highest BCUT2D eigenvalue weighted by molar-refractivity contribution is 9.10. The maximum Gasteiger partial charge on any atom is 0.150 e. The SMILES string of the molecule is CC(C)c1ccc(C(C)Nc2c(F)cc(F)cc2Br)cc1. The van der Waals surface area contributed by atoms with Crippen molar-refractivity contribution in [1.29, 1.82) is 0 Å². The zero-order chi connectivity index (χ0) is 15.6. The van der Waals surface area contributed by atoms with E-state index in [-0.39, 0.29) is 11.7 Å². The largest absolute Gasteiger partial charge is 0.375 e. The lowest BCUT2D eigenvalue weighted by molar-refractivity contribution is 0.582. The number of nitrogens with one attached hydrogen (secondary N) is 1. The number of hydrogen-bond donors (Lipinski definition) is 1. The highest BCUT2D eigenvalue weighted by atomic mass is 79.9. The van der Waals surface area contributed by atoms with Gasteiger partial charge in [0.15, 0.2) is 0 Å². The third-order valence-corrected chi connectivity index (χ3v) is 4.10. The second-order valence-electron chi connectivity index (χ2n) is 5.43. The van der Waals surface area contributed by atoms with Crippen LogP contribution in [-0.2, 0) is 0 Å². The average molecular weight is 354 g/mol. The molecule has 112 valence electrons. The zero-order valence-electron chi connectivity index (χ0n) is 12.3. The predicted octanol–water partition coefficient (Wildman–Crippen LogP) is 6.02. The lowest BCUT2D eigenvalue weighted by Crippen LogP contribution is -2.09. The molecule has 0 aromatic heterocycles. The molecule has 0 radical (unpaired) electrons. The summed E-state index contributed by atoms with van der Waals surface area (Å²) in [5.74, 6) is -0.725. The lowest BCUT2D eigenvalue weighted by Gasteiger charge is -2.18. The van der Waals surface area contributed by atoms with Gasteiger partial charge in [0.25, 0.3) is 0 Å². The fourth-order valence-electron chi connectivity index (χ4n) is 2.15. The Balaban J connectivity index is 2.20. The van der Waals surface area contributed by atoms with Crippen molar-refractivity contribution in [3.05, 3.63) is 63.6 Å². The van der Waals surface area contributed by atoms with E-state index >= 15 is 0 Å². The van der Waals surface area contributed by atoms with Crippen LogP contribution in [0.15, 0.2) is 40.9 Å². The van der Waals surface area contributed by atoms with Gasteiger partial charge in [0.2, 0.25) is 0 Å². The monoisotopic (exact) mass is 353 g/mol. The second kappa shape index (κ2) is 6.56. The van der Waals surface area contributed by atoms with Gasteiger partial charge in [-0.05, 0) is 46.0 Å². The van der Waals surface area contributed by atoms with Gasteiger partial charge >= 0.3 is 0 Å². The Kier molecular flexibility index (Phi) is 4.99. The Morgan fingerprint density at radius 1 is 0.952 bits per heavy atom. The van der Waals surface area contributed by atoms with Crippen LogP contribution < -0.4 is 5.32 Å². The van der Waals surface area contributed by atoms with Crippen LogP contribution in [0.1, 0.15) is 43.9 Å². The van der Waals surface area contributed by atoms with Crippen molar-refractivity contribution in [3.63, 3.8) is 0 Å². The van der Waals surface area contributed by atoms with Crippen LogP contribution in [0.5, 0.6) is 0 Å². The smallest absolute Gasteiger partial charge is 0.150 e. The number of anilines is 1. The molecule has 1 N–H and O–H groups in total. The number of rotatable bonds is 4. The van der Waals surface area contributed by atoms with Gasteiger partial charge < -0.3 is 5.32 Å². The van der Waals surface area contributed by atoms with Gasteiger partial charge in [-0.2, -0.15) is 0 Å². The third kappa shape index (κ3) is 3.82. The minimum atomic E-state index is -0.604. The van der Waals surface area contributed by atoms with Gasteiger partial charge in [0.05, 0.1) is 5.69 Å². The molecule has 0 spiro atoms. The van der Waals surface area contributed by atoms with E-state index in [2.05, 4.69) is 47.2 Å². The van der Waals surface area contributed by atoms with Gasteiger partial charge in [0, 0.05) is 16.6 Å². The summed E-state index contributed by atoms with van der Waals surface area (Å²) in [7, 11) is 0. The van der Waals surface area contributed by atoms with Crippen LogP contribution in [0.4, 0.5) is 14.5 Å². The summed E-state index contributed by atoms with van der Waals surface area (Å²) in [5, 5.41) is 3.08. The molecule has 4 heteroatoms. The summed E-state index contributed by atoms with van der Waals surface area (Å²) in [6, 6.07) is 10.3. The molecule has 0 aliphatic heterocycles. The maximum absolute atomic E-state index is 13.8. The second-order valence-corrected chi connectivity index (χ2v) is 6.29. The fraction of sp³-hybridized carbons (Fsp3) is 0.294. The molecule has 21 heavy (non-hydrogen) atoms. The minimum Gasteiger partial charge on any atom is -0.375 e. The van der Waals surface area contributed by atoms with Crippen molar-refractivity contribution in [2.75, 3.05) is 5.32 Å². The Hall–Kier alpha value is -1.42. The van der Waals surface area contributed by atoms with Crippen molar-refractivity contribution in [1.82, 2.24) is 0 Å². The van der Waals surface area contributed by atoms with Crippen molar-refractivity contribution < 1.29 is 8.78 Å². The van der Waals surface area contributed by atoms with E-state index in [1.54, 1.807) is 0 Å².